The minimum atomic E-state index is -3.56. The summed E-state index contributed by atoms with van der Waals surface area (Å²) in [6.45, 7) is 5.69. The summed E-state index contributed by atoms with van der Waals surface area (Å²) in [4.78, 5) is 15.6. The highest BCUT2D eigenvalue weighted by molar-refractivity contribution is 7.91. The third kappa shape index (κ3) is 13.9. The van der Waals surface area contributed by atoms with Crippen molar-refractivity contribution in [1.29, 1.82) is 0 Å². The van der Waals surface area contributed by atoms with Gasteiger partial charge >= 0.3 is 0 Å². The molecule has 0 amide bonds. The van der Waals surface area contributed by atoms with E-state index in [1.54, 1.807) is 66.9 Å². The van der Waals surface area contributed by atoms with E-state index in [9.17, 15) is 16.8 Å². The number of rotatable bonds is 20. The Kier molecular flexibility index (Phi) is 18.0. The number of benzene rings is 8. The zero-order valence-corrected chi connectivity index (χ0v) is 50.9. The summed E-state index contributed by atoms with van der Waals surface area (Å²) >= 11 is 0. The Bertz CT molecular complexity index is 4110. The third-order valence-corrected chi connectivity index (χ3v) is 16.9. The molecule has 0 unspecified atom stereocenters. The van der Waals surface area contributed by atoms with E-state index >= 15 is 8.78 Å². The Hall–Kier alpha value is -9.14. The van der Waals surface area contributed by atoms with E-state index in [-0.39, 0.29) is 15.5 Å². The van der Waals surface area contributed by atoms with Gasteiger partial charge in [0, 0.05) is 71.2 Å². The van der Waals surface area contributed by atoms with Gasteiger partial charge in [-0.15, -0.1) is 0 Å². The maximum atomic E-state index is 15.5. The number of aromatic nitrogens is 4. The molecular formula is C65H68F2N8O8S2. The molecule has 0 aliphatic heterocycles. The Labute approximate surface area is 495 Å². The summed E-state index contributed by atoms with van der Waals surface area (Å²) in [5, 5.41) is 3.21. The highest BCUT2D eigenvalue weighted by atomic mass is 32.2. The standard InChI is InChI=1S/C33H35FN4O4S.C32H33FN4O4S/c1-22-15-28(43(6,39)40)18-29(34)33(22)37(3)25-16-30-32(35-21-36(30)2)31(17-25)38(19-23-7-11-26(41-4)12-8-23)20-24-9-13-27(42-5)14-10-24;1-21-14-27(42(5,38)39)17-28(33)31(21)35-24-15-29-32(34-20-36(29)2)30(16-24)37(18-22-6-10-25(40-3)11-7-22)19-23-8-12-26(41-4)13-9-23/h7-18,21H,19-20H2,1-6H3;6-17,20,35H,18-19H2,1-5H3. The normalized spacial score (nSPS) is 11.5. The zero-order chi connectivity index (χ0) is 60.9. The summed E-state index contributed by atoms with van der Waals surface area (Å²) in [6.07, 6.45) is 5.66. The number of imidazole rings is 2. The molecule has 0 aliphatic carbocycles. The average molecular weight is 1190 g/mol. The van der Waals surface area contributed by atoms with Crippen molar-refractivity contribution in [3.63, 3.8) is 0 Å². The average Bonchev–Trinajstić information content (AvgIpc) is 3.44. The Morgan fingerprint density at radius 2 is 0.859 bits per heavy atom. The summed E-state index contributed by atoms with van der Waals surface area (Å²) in [6, 6.07) is 44.7. The van der Waals surface area contributed by atoms with E-state index in [1.807, 2.05) is 145 Å². The van der Waals surface area contributed by atoms with Crippen LogP contribution in [-0.2, 0) is 59.9 Å². The van der Waals surface area contributed by atoms with Gasteiger partial charge in [0.05, 0.1) is 84.7 Å². The van der Waals surface area contributed by atoms with Crippen molar-refractivity contribution in [3.05, 3.63) is 203 Å². The van der Waals surface area contributed by atoms with E-state index in [2.05, 4.69) is 15.1 Å². The van der Waals surface area contributed by atoms with Gasteiger partial charge in [0.1, 0.15) is 45.7 Å². The first-order valence-corrected chi connectivity index (χ1v) is 30.7. The minimum absolute atomic E-state index is 0.0485. The summed E-state index contributed by atoms with van der Waals surface area (Å²) < 4.78 is 104. The van der Waals surface area contributed by atoms with Crippen molar-refractivity contribution >= 4 is 75.9 Å². The van der Waals surface area contributed by atoms with Gasteiger partial charge in [-0.05, 0) is 144 Å². The molecule has 0 aliphatic rings. The maximum Gasteiger partial charge on any atom is 0.175 e. The van der Waals surface area contributed by atoms with E-state index in [4.69, 9.17) is 28.9 Å². The maximum absolute atomic E-state index is 15.5. The van der Waals surface area contributed by atoms with Gasteiger partial charge in [0.15, 0.2) is 19.7 Å². The molecule has 0 saturated heterocycles. The highest BCUT2D eigenvalue weighted by Gasteiger charge is 2.24. The van der Waals surface area contributed by atoms with Gasteiger partial charge in [-0.2, -0.15) is 0 Å². The van der Waals surface area contributed by atoms with Gasteiger partial charge < -0.3 is 48.1 Å². The number of hydrogen-bond donors (Lipinski definition) is 1. The van der Waals surface area contributed by atoms with Crippen molar-refractivity contribution in [2.45, 2.75) is 49.8 Å². The first-order chi connectivity index (χ1) is 40.5. The third-order valence-electron chi connectivity index (χ3n) is 14.8. The van der Waals surface area contributed by atoms with Crippen molar-refractivity contribution in [1.82, 2.24) is 19.1 Å². The Morgan fingerprint density at radius 3 is 1.22 bits per heavy atom. The number of nitrogens with zero attached hydrogens (tertiary/aromatic N) is 7. The lowest BCUT2D eigenvalue weighted by Crippen LogP contribution is -2.23. The van der Waals surface area contributed by atoms with Crippen LogP contribution < -0.4 is 39.0 Å². The highest BCUT2D eigenvalue weighted by Crippen LogP contribution is 2.40. The van der Waals surface area contributed by atoms with Crippen LogP contribution in [-0.4, -0.2) is 83.9 Å². The van der Waals surface area contributed by atoms with E-state index in [0.717, 1.165) is 109 Å². The van der Waals surface area contributed by atoms with Crippen LogP contribution in [0.1, 0.15) is 33.4 Å². The molecule has 10 aromatic rings. The van der Waals surface area contributed by atoms with Crippen LogP contribution in [0.15, 0.2) is 168 Å². The lowest BCUT2D eigenvalue weighted by Gasteiger charge is -2.29. The Balaban J connectivity index is 0.000000204. The van der Waals surface area contributed by atoms with Gasteiger partial charge in [-0.1, -0.05) is 48.5 Å². The fourth-order valence-electron chi connectivity index (χ4n) is 10.1. The Morgan fingerprint density at radius 1 is 0.494 bits per heavy atom. The summed E-state index contributed by atoms with van der Waals surface area (Å²) in [7, 11) is 5.07. The van der Waals surface area contributed by atoms with Crippen LogP contribution in [0, 0.1) is 25.5 Å². The molecule has 0 spiro atoms. The lowest BCUT2D eigenvalue weighted by atomic mass is 10.1. The van der Waals surface area contributed by atoms with Crippen LogP contribution in [0.4, 0.5) is 42.9 Å². The molecule has 1 N–H and O–H groups in total. The largest absolute Gasteiger partial charge is 0.497 e. The second-order valence-electron chi connectivity index (χ2n) is 20.9. The molecule has 85 heavy (non-hydrogen) atoms. The molecule has 20 heteroatoms. The van der Waals surface area contributed by atoms with Crippen molar-refractivity contribution < 1.29 is 44.6 Å². The van der Waals surface area contributed by atoms with Crippen LogP contribution in [0.5, 0.6) is 23.0 Å². The molecule has 0 radical (unpaired) electrons. The molecule has 0 bridgehead atoms. The number of anilines is 6. The van der Waals surface area contributed by atoms with Crippen LogP contribution in [0.25, 0.3) is 22.1 Å². The number of sulfone groups is 2. The van der Waals surface area contributed by atoms with Gasteiger partial charge in [-0.3, -0.25) is 0 Å². The number of methoxy groups -OCH3 is 4. The molecule has 8 aromatic carbocycles. The molecule has 2 heterocycles. The first-order valence-electron chi connectivity index (χ1n) is 27.0. The molecule has 442 valence electrons. The number of nitrogens with one attached hydrogen (secondary N) is 1. The smallest absolute Gasteiger partial charge is 0.175 e. The van der Waals surface area contributed by atoms with Gasteiger partial charge in [-0.25, -0.2) is 35.6 Å². The molecule has 10 rings (SSSR count). The second kappa shape index (κ2) is 25.4. The predicted octanol–water partition coefficient (Wildman–Crippen LogP) is 12.8. The summed E-state index contributed by atoms with van der Waals surface area (Å²) in [5.41, 5.74) is 12.3. The van der Waals surface area contributed by atoms with Crippen molar-refractivity contribution in [2.24, 2.45) is 14.1 Å². The lowest BCUT2D eigenvalue weighted by molar-refractivity contribution is 0.414. The van der Waals surface area contributed by atoms with E-state index in [1.165, 1.54) is 12.1 Å². The SMILES string of the molecule is COc1ccc(CN(Cc2ccc(OC)cc2)c2cc(N(C)c3c(C)cc(S(C)(=O)=O)cc3F)cc3c2ncn3C)cc1.COc1ccc(CN(Cc2ccc(OC)cc2)c2cc(Nc3c(C)cc(S(C)(=O)=O)cc3F)cc3c2ncn3C)cc1. The quantitative estimate of drug-likeness (QED) is 0.0767. The molecular weight excluding hydrogens is 1120 g/mol. The number of halogens is 2. The predicted molar refractivity (Wildman–Crippen MR) is 333 cm³/mol. The topological polar surface area (TPSA) is 163 Å². The van der Waals surface area contributed by atoms with E-state index in [0.29, 0.717) is 48.7 Å². The number of ether oxygens (including phenoxy) is 4. The van der Waals surface area contributed by atoms with Crippen molar-refractivity contribution in [2.75, 3.05) is 68.0 Å². The molecule has 0 atom stereocenters. The summed E-state index contributed by atoms with van der Waals surface area (Å²) in [5.74, 6) is 1.86. The monoisotopic (exact) mass is 1190 g/mol. The molecule has 16 nitrogen and oxygen atoms in total. The molecule has 0 fully saturated rings. The van der Waals surface area contributed by atoms with Gasteiger partial charge in [0.25, 0.3) is 0 Å². The van der Waals surface area contributed by atoms with E-state index < -0.39 is 31.3 Å². The number of fused-ring (bicyclic) bond motifs is 2. The van der Waals surface area contributed by atoms with Gasteiger partial charge in [0.2, 0.25) is 0 Å². The molecule has 0 saturated carbocycles. The zero-order valence-electron chi connectivity index (χ0n) is 49.3. The number of hydrogen-bond acceptors (Lipinski definition) is 14. The number of aryl methyl sites for hydroxylation is 4. The first kappa shape index (κ1) is 60.5. The minimum Gasteiger partial charge on any atom is -0.497 e. The second-order valence-corrected chi connectivity index (χ2v) is 24.9. The van der Waals surface area contributed by atoms with Crippen LogP contribution in [0.3, 0.4) is 0 Å². The fraction of sp³-hybridized carbons (Fsp3) is 0.231. The fourth-order valence-corrected chi connectivity index (χ4v) is 11.5. The van der Waals surface area contributed by atoms with Crippen molar-refractivity contribution in [3.8, 4) is 23.0 Å². The molecule has 2 aromatic heterocycles. The van der Waals surface area contributed by atoms with Crippen LogP contribution >= 0.6 is 0 Å². The van der Waals surface area contributed by atoms with Crippen LogP contribution in [0.2, 0.25) is 0 Å².